The Balaban J connectivity index is 1.83. The van der Waals surface area contributed by atoms with Crippen LogP contribution in [0.1, 0.15) is 27.0 Å². The minimum Gasteiger partial charge on any atom is -0.360 e. The molecular weight excluding hydrogens is 505 g/mol. The molecule has 160 valence electrons. The highest BCUT2D eigenvalue weighted by Crippen LogP contribution is 2.26. The van der Waals surface area contributed by atoms with Crippen LogP contribution in [-0.4, -0.2) is 30.4 Å². The Kier molecular flexibility index (Phi) is 7.04. The van der Waals surface area contributed by atoms with Crippen molar-refractivity contribution in [2.75, 3.05) is 11.9 Å². The lowest BCUT2D eigenvalue weighted by Gasteiger charge is -2.15. The van der Waals surface area contributed by atoms with Crippen LogP contribution < -0.4 is 5.32 Å². The highest BCUT2D eigenvalue weighted by atomic mass is 127. The van der Waals surface area contributed by atoms with Crippen LogP contribution in [0.15, 0.2) is 30.3 Å². The molecule has 0 spiro atoms. The van der Waals surface area contributed by atoms with E-state index in [-0.39, 0.29) is 5.91 Å². The van der Waals surface area contributed by atoms with E-state index in [1.807, 2.05) is 55.8 Å². The van der Waals surface area contributed by atoms with Crippen LogP contribution in [0.5, 0.6) is 0 Å². The fourth-order valence-electron chi connectivity index (χ4n) is 3.35. The van der Waals surface area contributed by atoms with Crippen LogP contribution in [0.25, 0.3) is 10.9 Å². The molecule has 0 saturated heterocycles. The number of nitrogens with zero attached hydrogens (tertiary/aromatic N) is 2. The summed E-state index contributed by atoms with van der Waals surface area (Å²) in [7, 11) is -1.11. The maximum absolute atomic E-state index is 13.0. The second-order valence-electron chi connectivity index (χ2n) is 9.04. The Hall–Kier alpha value is -1.71. The summed E-state index contributed by atoms with van der Waals surface area (Å²) >= 11 is 2.23. The Morgan fingerprint density at radius 3 is 2.43 bits per heavy atom. The van der Waals surface area contributed by atoms with E-state index in [9.17, 15) is 4.79 Å². The van der Waals surface area contributed by atoms with E-state index in [1.165, 1.54) is 0 Å². The van der Waals surface area contributed by atoms with Crippen molar-refractivity contribution in [1.82, 2.24) is 9.78 Å². The molecule has 0 radical (unpaired) electrons. The zero-order valence-electron chi connectivity index (χ0n) is 18.6. The molecular formula is C23H30IN3O2Si. The minimum absolute atomic E-state index is 0.0956. The lowest BCUT2D eigenvalue weighted by Crippen LogP contribution is -2.22. The number of carbonyl (C=O) groups excluding carboxylic acids is 1. The first-order valence-electron chi connectivity index (χ1n) is 10.2. The fraction of sp³-hybridized carbons (Fsp3) is 0.391. The average Bonchev–Trinajstić information content (AvgIpc) is 2.95. The minimum atomic E-state index is -1.11. The summed E-state index contributed by atoms with van der Waals surface area (Å²) in [5, 5.41) is 8.70. The largest absolute Gasteiger partial charge is 0.360 e. The number of benzene rings is 2. The van der Waals surface area contributed by atoms with Crippen molar-refractivity contribution in [3.8, 4) is 0 Å². The van der Waals surface area contributed by atoms with Gasteiger partial charge in [0.1, 0.15) is 10.4 Å². The average molecular weight is 536 g/mol. The van der Waals surface area contributed by atoms with Crippen LogP contribution in [0.4, 0.5) is 5.69 Å². The Morgan fingerprint density at radius 1 is 1.13 bits per heavy atom. The molecule has 30 heavy (non-hydrogen) atoms. The van der Waals surface area contributed by atoms with Gasteiger partial charge in [0.15, 0.2) is 0 Å². The van der Waals surface area contributed by atoms with Crippen molar-refractivity contribution in [3.05, 3.63) is 56.3 Å². The molecule has 1 amide bonds. The topological polar surface area (TPSA) is 56.2 Å². The number of aromatic nitrogens is 2. The quantitative estimate of drug-likeness (QED) is 0.225. The molecule has 3 aromatic rings. The maximum atomic E-state index is 13.0. The Bertz CT molecular complexity index is 1070. The van der Waals surface area contributed by atoms with Gasteiger partial charge >= 0.3 is 0 Å². The van der Waals surface area contributed by atoms with Crippen LogP contribution >= 0.6 is 22.6 Å². The number of para-hydroxylation sites is 1. The van der Waals surface area contributed by atoms with Crippen molar-refractivity contribution < 1.29 is 9.53 Å². The number of fused-ring (bicyclic) bond motifs is 1. The van der Waals surface area contributed by atoms with Crippen LogP contribution in [-0.2, 0) is 11.5 Å². The summed E-state index contributed by atoms with van der Waals surface area (Å²) in [6.07, 6.45) is 0. The number of ether oxygens (including phenoxy) is 1. The Morgan fingerprint density at radius 2 is 1.80 bits per heavy atom. The second-order valence-corrected chi connectivity index (χ2v) is 15.7. The SMILES string of the molecule is Cc1cc2c(cc1C(=O)Nc1c(C)cccc1C)c(I)nn2COCC[Si](C)(C)C. The molecule has 0 fully saturated rings. The van der Waals surface area contributed by atoms with Gasteiger partial charge in [0.2, 0.25) is 0 Å². The van der Waals surface area contributed by atoms with Crippen molar-refractivity contribution >= 4 is 53.2 Å². The molecule has 5 nitrogen and oxygen atoms in total. The normalized spacial score (nSPS) is 11.8. The predicted molar refractivity (Wildman–Crippen MR) is 135 cm³/mol. The molecule has 7 heteroatoms. The van der Waals surface area contributed by atoms with Gasteiger partial charge in [0.05, 0.1) is 5.52 Å². The summed E-state index contributed by atoms with van der Waals surface area (Å²) < 4.78 is 8.66. The third kappa shape index (κ3) is 5.31. The molecule has 0 aliphatic heterocycles. The molecule has 1 aromatic heterocycles. The summed E-state index contributed by atoms with van der Waals surface area (Å²) in [5.74, 6) is -0.0956. The van der Waals surface area contributed by atoms with Crippen LogP contribution in [0.3, 0.4) is 0 Å². The number of amides is 1. The van der Waals surface area contributed by atoms with E-state index in [1.54, 1.807) is 0 Å². The highest BCUT2D eigenvalue weighted by molar-refractivity contribution is 14.1. The van der Waals surface area contributed by atoms with E-state index >= 15 is 0 Å². The zero-order valence-corrected chi connectivity index (χ0v) is 21.8. The molecule has 0 aliphatic rings. The van der Waals surface area contributed by atoms with Gasteiger partial charge < -0.3 is 10.1 Å². The molecule has 1 N–H and O–H groups in total. The standard InChI is InChI=1S/C23H30IN3O2Si/c1-15-8-7-9-16(2)21(15)25-23(28)18-13-19-20(12-17(18)3)27(26-22(19)24)14-29-10-11-30(4,5)6/h7-9,12-13H,10-11,14H2,1-6H3,(H,25,28). The van der Waals surface area contributed by atoms with E-state index in [4.69, 9.17) is 4.74 Å². The zero-order chi connectivity index (χ0) is 22.1. The van der Waals surface area contributed by atoms with Crippen molar-refractivity contribution in [2.45, 2.75) is 53.2 Å². The third-order valence-corrected chi connectivity index (χ3v) is 7.73. The molecule has 3 rings (SSSR count). The van der Waals surface area contributed by atoms with Gasteiger partial charge in [0, 0.05) is 31.3 Å². The molecule has 0 saturated carbocycles. The lowest BCUT2D eigenvalue weighted by atomic mass is 10.0. The van der Waals surface area contributed by atoms with E-state index in [0.717, 1.165) is 49.6 Å². The lowest BCUT2D eigenvalue weighted by molar-refractivity contribution is 0.0814. The number of rotatable bonds is 7. The first kappa shape index (κ1) is 23.0. The summed E-state index contributed by atoms with van der Waals surface area (Å²) in [5.41, 5.74) is 5.57. The van der Waals surface area contributed by atoms with Crippen molar-refractivity contribution in [3.63, 3.8) is 0 Å². The van der Waals surface area contributed by atoms with Crippen LogP contribution in [0, 0.1) is 24.5 Å². The molecule has 2 aromatic carbocycles. The van der Waals surface area contributed by atoms with Gasteiger partial charge in [0.25, 0.3) is 5.91 Å². The first-order chi connectivity index (χ1) is 14.1. The van der Waals surface area contributed by atoms with Crippen molar-refractivity contribution in [1.29, 1.82) is 0 Å². The number of hydrogen-bond donors (Lipinski definition) is 1. The smallest absolute Gasteiger partial charge is 0.255 e. The number of aryl methyl sites for hydroxylation is 3. The Labute approximate surface area is 193 Å². The van der Waals surface area contributed by atoms with Gasteiger partial charge in [-0.2, -0.15) is 5.10 Å². The van der Waals surface area contributed by atoms with Gasteiger partial charge in [-0.25, -0.2) is 4.68 Å². The van der Waals surface area contributed by atoms with Crippen molar-refractivity contribution in [2.24, 2.45) is 0 Å². The summed E-state index contributed by atoms with van der Waals surface area (Å²) in [4.78, 5) is 13.0. The number of halogens is 1. The number of nitrogens with one attached hydrogen (secondary N) is 1. The second kappa shape index (κ2) is 9.19. The van der Waals surface area contributed by atoms with Gasteiger partial charge in [-0.15, -0.1) is 0 Å². The first-order valence-corrected chi connectivity index (χ1v) is 15.0. The monoisotopic (exact) mass is 535 g/mol. The third-order valence-electron chi connectivity index (χ3n) is 5.23. The predicted octanol–water partition coefficient (Wildman–Crippen LogP) is 6.13. The van der Waals surface area contributed by atoms with E-state index < -0.39 is 8.07 Å². The summed E-state index contributed by atoms with van der Waals surface area (Å²) in [6, 6.07) is 11.1. The molecule has 0 aliphatic carbocycles. The van der Waals surface area contributed by atoms with E-state index in [0.29, 0.717) is 12.3 Å². The summed E-state index contributed by atoms with van der Waals surface area (Å²) in [6.45, 7) is 14.2. The van der Waals surface area contributed by atoms with E-state index in [2.05, 4.69) is 52.6 Å². The molecule has 0 bridgehead atoms. The highest BCUT2D eigenvalue weighted by Gasteiger charge is 2.17. The molecule has 0 atom stereocenters. The maximum Gasteiger partial charge on any atom is 0.255 e. The van der Waals surface area contributed by atoms with Crippen LogP contribution in [0.2, 0.25) is 25.7 Å². The number of hydrogen-bond acceptors (Lipinski definition) is 3. The van der Waals surface area contributed by atoms with Gasteiger partial charge in [-0.3, -0.25) is 4.79 Å². The van der Waals surface area contributed by atoms with Gasteiger partial charge in [-0.05, 0) is 78.2 Å². The molecule has 0 unspecified atom stereocenters. The number of carbonyl (C=O) groups is 1. The fourth-order valence-corrected chi connectivity index (χ4v) is 4.80. The molecule has 1 heterocycles. The number of anilines is 1. The van der Waals surface area contributed by atoms with Gasteiger partial charge in [-0.1, -0.05) is 37.8 Å².